The molecule has 2 aromatic rings. The Hall–Kier alpha value is -1.81. The fraction of sp³-hybridized carbons (Fsp3) is 0.471. The van der Waals surface area contributed by atoms with Crippen LogP contribution in [0.4, 0.5) is 5.69 Å². The van der Waals surface area contributed by atoms with Gasteiger partial charge in [0.05, 0.1) is 19.3 Å². The third-order valence-corrected chi connectivity index (χ3v) is 4.36. The average molecular weight is 286 g/mol. The van der Waals surface area contributed by atoms with Crippen molar-refractivity contribution in [1.29, 1.82) is 0 Å². The Kier molecular flexibility index (Phi) is 3.72. The van der Waals surface area contributed by atoms with E-state index in [4.69, 9.17) is 9.47 Å². The van der Waals surface area contributed by atoms with Crippen molar-refractivity contribution in [1.82, 2.24) is 4.98 Å². The first-order valence-corrected chi connectivity index (χ1v) is 7.47. The number of fused-ring (bicyclic) bond motifs is 1. The van der Waals surface area contributed by atoms with Crippen LogP contribution < -0.4 is 9.64 Å². The summed E-state index contributed by atoms with van der Waals surface area (Å²) in [5.41, 5.74) is 2.05. The number of hydrogen-bond donors (Lipinski definition) is 0. The topological polar surface area (TPSA) is 34.6 Å². The molecule has 112 valence electrons. The van der Waals surface area contributed by atoms with Crippen molar-refractivity contribution >= 4 is 16.6 Å². The molecule has 0 amide bonds. The molecule has 1 aromatic heterocycles. The second-order valence-corrected chi connectivity index (χ2v) is 5.76. The zero-order valence-electron chi connectivity index (χ0n) is 12.9. The highest BCUT2D eigenvalue weighted by Crippen LogP contribution is 2.33. The van der Waals surface area contributed by atoms with Gasteiger partial charge in [-0.25, -0.2) is 0 Å². The Morgan fingerprint density at radius 3 is 3.00 bits per heavy atom. The predicted octanol–water partition coefficient (Wildman–Crippen LogP) is 3.25. The smallest absolute Gasteiger partial charge is 0.145 e. The van der Waals surface area contributed by atoms with Gasteiger partial charge in [-0.05, 0) is 25.5 Å². The molecule has 0 radical (unpaired) electrons. The lowest BCUT2D eigenvalue weighted by Gasteiger charge is -2.41. The molecule has 1 atom stereocenters. The van der Waals surface area contributed by atoms with Crippen molar-refractivity contribution in [3.05, 3.63) is 30.5 Å². The fourth-order valence-corrected chi connectivity index (χ4v) is 2.93. The molecule has 2 heterocycles. The van der Waals surface area contributed by atoms with Crippen LogP contribution in [-0.4, -0.2) is 37.4 Å². The zero-order chi connectivity index (χ0) is 14.9. The van der Waals surface area contributed by atoms with Crippen molar-refractivity contribution < 1.29 is 9.47 Å². The Labute approximate surface area is 125 Å². The number of benzene rings is 1. The first-order chi connectivity index (χ1) is 10.2. The third kappa shape index (κ3) is 2.56. The molecule has 1 unspecified atom stereocenters. The maximum Gasteiger partial charge on any atom is 0.145 e. The van der Waals surface area contributed by atoms with E-state index in [1.807, 2.05) is 18.3 Å². The Morgan fingerprint density at radius 1 is 1.38 bits per heavy atom. The molecule has 4 heteroatoms. The molecule has 1 fully saturated rings. The van der Waals surface area contributed by atoms with Gasteiger partial charge in [-0.1, -0.05) is 19.1 Å². The van der Waals surface area contributed by atoms with E-state index in [1.165, 1.54) is 5.69 Å². The predicted molar refractivity (Wildman–Crippen MR) is 85.2 cm³/mol. The lowest BCUT2D eigenvalue weighted by Crippen LogP contribution is -2.49. The molecule has 1 aromatic carbocycles. The molecule has 1 aliphatic heterocycles. The minimum atomic E-state index is -0.0767. The summed E-state index contributed by atoms with van der Waals surface area (Å²) in [6, 6.07) is 8.17. The molecular formula is C17H22N2O2. The number of rotatable bonds is 3. The number of nitrogens with zero attached hydrogens (tertiary/aromatic N) is 2. The summed E-state index contributed by atoms with van der Waals surface area (Å²) in [6.07, 6.45) is 2.87. The van der Waals surface area contributed by atoms with Crippen LogP contribution in [0.3, 0.4) is 0 Å². The van der Waals surface area contributed by atoms with Gasteiger partial charge in [0.2, 0.25) is 0 Å². The summed E-state index contributed by atoms with van der Waals surface area (Å²) in [6.45, 7) is 6.93. The van der Waals surface area contributed by atoms with Crippen LogP contribution in [0, 0.1) is 0 Å². The van der Waals surface area contributed by atoms with Crippen LogP contribution >= 0.6 is 0 Å². The van der Waals surface area contributed by atoms with Crippen LogP contribution in [0.25, 0.3) is 10.9 Å². The number of pyridine rings is 1. The third-order valence-electron chi connectivity index (χ3n) is 4.36. The van der Waals surface area contributed by atoms with Gasteiger partial charge in [0.1, 0.15) is 11.3 Å². The first kappa shape index (κ1) is 14.1. The van der Waals surface area contributed by atoms with E-state index in [-0.39, 0.29) is 5.60 Å². The fourth-order valence-electron chi connectivity index (χ4n) is 2.93. The lowest BCUT2D eigenvalue weighted by atomic mass is 10.00. The van der Waals surface area contributed by atoms with Gasteiger partial charge in [-0.3, -0.25) is 4.98 Å². The van der Waals surface area contributed by atoms with Crippen molar-refractivity contribution in [2.75, 3.05) is 31.7 Å². The standard InChI is InChI=1S/C17H22N2O2/c1-4-17(2)12-19(10-11-21-17)14-8-9-18-16-13(14)6-5-7-15(16)20-3/h5-9H,4,10-12H2,1-3H3. The molecule has 1 saturated heterocycles. The second-order valence-electron chi connectivity index (χ2n) is 5.76. The minimum Gasteiger partial charge on any atom is -0.494 e. The van der Waals surface area contributed by atoms with Gasteiger partial charge in [0.15, 0.2) is 0 Å². The molecule has 0 spiro atoms. The Morgan fingerprint density at radius 2 is 2.24 bits per heavy atom. The number of hydrogen-bond acceptors (Lipinski definition) is 4. The SMILES string of the molecule is CCC1(C)CN(c2ccnc3c(OC)cccc23)CCO1. The molecule has 21 heavy (non-hydrogen) atoms. The van der Waals surface area contributed by atoms with Crippen LogP contribution in [-0.2, 0) is 4.74 Å². The monoisotopic (exact) mass is 286 g/mol. The van der Waals surface area contributed by atoms with Crippen molar-refractivity contribution in [2.24, 2.45) is 0 Å². The van der Waals surface area contributed by atoms with Gasteiger partial charge in [-0.2, -0.15) is 0 Å². The summed E-state index contributed by atoms with van der Waals surface area (Å²) in [7, 11) is 1.69. The van der Waals surface area contributed by atoms with Crippen LogP contribution in [0.1, 0.15) is 20.3 Å². The number of methoxy groups -OCH3 is 1. The average Bonchev–Trinajstić information content (AvgIpc) is 2.53. The van der Waals surface area contributed by atoms with E-state index in [1.54, 1.807) is 7.11 Å². The van der Waals surface area contributed by atoms with Crippen LogP contribution in [0.5, 0.6) is 5.75 Å². The van der Waals surface area contributed by atoms with Crippen molar-refractivity contribution in [3.8, 4) is 5.75 Å². The van der Waals surface area contributed by atoms with E-state index < -0.39 is 0 Å². The van der Waals surface area contributed by atoms with E-state index in [0.717, 1.165) is 42.8 Å². The number of ether oxygens (including phenoxy) is 2. The summed E-state index contributed by atoms with van der Waals surface area (Å²) >= 11 is 0. The number of anilines is 1. The van der Waals surface area contributed by atoms with E-state index in [2.05, 4.69) is 35.9 Å². The molecule has 0 N–H and O–H groups in total. The van der Waals surface area contributed by atoms with Crippen LogP contribution in [0.2, 0.25) is 0 Å². The second kappa shape index (κ2) is 5.53. The summed E-state index contributed by atoms with van der Waals surface area (Å²) in [4.78, 5) is 6.88. The highest BCUT2D eigenvalue weighted by atomic mass is 16.5. The molecule has 4 nitrogen and oxygen atoms in total. The maximum absolute atomic E-state index is 5.94. The summed E-state index contributed by atoms with van der Waals surface area (Å²) < 4.78 is 11.4. The van der Waals surface area contributed by atoms with Gasteiger partial charge in [0, 0.05) is 30.4 Å². The van der Waals surface area contributed by atoms with Gasteiger partial charge < -0.3 is 14.4 Å². The Bertz CT molecular complexity index is 644. The van der Waals surface area contributed by atoms with E-state index in [9.17, 15) is 0 Å². The van der Waals surface area contributed by atoms with Crippen molar-refractivity contribution in [3.63, 3.8) is 0 Å². The molecule has 0 bridgehead atoms. The van der Waals surface area contributed by atoms with Gasteiger partial charge >= 0.3 is 0 Å². The minimum absolute atomic E-state index is 0.0767. The number of para-hydroxylation sites is 1. The molecular weight excluding hydrogens is 264 g/mol. The number of morpholine rings is 1. The number of aromatic nitrogens is 1. The van der Waals surface area contributed by atoms with E-state index >= 15 is 0 Å². The molecule has 0 saturated carbocycles. The van der Waals surface area contributed by atoms with Gasteiger partial charge in [0.25, 0.3) is 0 Å². The highest BCUT2D eigenvalue weighted by molar-refractivity contribution is 5.95. The largest absolute Gasteiger partial charge is 0.494 e. The van der Waals surface area contributed by atoms with E-state index in [0.29, 0.717) is 0 Å². The quantitative estimate of drug-likeness (QED) is 0.867. The molecule has 1 aliphatic rings. The zero-order valence-corrected chi connectivity index (χ0v) is 12.9. The van der Waals surface area contributed by atoms with Crippen LogP contribution in [0.15, 0.2) is 30.5 Å². The summed E-state index contributed by atoms with van der Waals surface area (Å²) in [5.74, 6) is 0.820. The first-order valence-electron chi connectivity index (χ1n) is 7.47. The molecule has 3 rings (SSSR count). The Balaban J connectivity index is 2.04. The maximum atomic E-state index is 5.94. The highest BCUT2D eigenvalue weighted by Gasteiger charge is 2.31. The lowest BCUT2D eigenvalue weighted by molar-refractivity contribution is -0.0440. The summed E-state index contributed by atoms with van der Waals surface area (Å²) in [5, 5.41) is 1.14. The molecule has 0 aliphatic carbocycles. The normalized spacial score (nSPS) is 22.5. The van der Waals surface area contributed by atoms with Gasteiger partial charge in [-0.15, -0.1) is 0 Å². The van der Waals surface area contributed by atoms with Crippen molar-refractivity contribution in [2.45, 2.75) is 25.9 Å².